The van der Waals surface area contributed by atoms with Crippen LogP contribution in [-0.4, -0.2) is 45.7 Å². The molecular weight excluding hydrogens is 374 g/mol. The number of piperidine rings is 1. The maximum absolute atomic E-state index is 13.4. The van der Waals surface area contributed by atoms with E-state index in [-0.39, 0.29) is 23.4 Å². The summed E-state index contributed by atoms with van der Waals surface area (Å²) in [6, 6.07) is 12.8. The van der Waals surface area contributed by atoms with Crippen molar-refractivity contribution >= 4 is 11.8 Å². The zero-order chi connectivity index (χ0) is 20.7. The minimum Gasteiger partial charge on any atom is -0.338 e. The van der Waals surface area contributed by atoms with Gasteiger partial charge in [0.2, 0.25) is 5.91 Å². The van der Waals surface area contributed by atoms with Crippen LogP contribution < -0.4 is 0 Å². The number of hydrogen-bond acceptors (Lipinski definition) is 3. The van der Waals surface area contributed by atoms with Gasteiger partial charge in [-0.2, -0.15) is 0 Å². The minimum atomic E-state index is -0.179. The molecule has 1 aromatic carbocycles. The first-order chi connectivity index (χ1) is 14.6. The Bertz CT molecular complexity index is 944. The van der Waals surface area contributed by atoms with Crippen LogP contribution in [0.5, 0.6) is 0 Å². The topological polar surface area (TPSA) is 53.5 Å². The van der Waals surface area contributed by atoms with Gasteiger partial charge in [-0.1, -0.05) is 43.2 Å². The Morgan fingerprint density at radius 3 is 2.43 bits per heavy atom. The molecule has 2 aromatic rings. The number of hydrogen-bond donors (Lipinski definition) is 0. The highest BCUT2D eigenvalue weighted by molar-refractivity contribution is 5.95. The van der Waals surface area contributed by atoms with Crippen molar-refractivity contribution < 1.29 is 9.59 Å². The summed E-state index contributed by atoms with van der Waals surface area (Å²) in [7, 11) is 0. The van der Waals surface area contributed by atoms with Gasteiger partial charge < -0.3 is 9.80 Å². The van der Waals surface area contributed by atoms with Crippen LogP contribution in [-0.2, 0) is 4.79 Å². The van der Waals surface area contributed by atoms with Crippen molar-refractivity contribution in [3.05, 3.63) is 65.5 Å². The summed E-state index contributed by atoms with van der Waals surface area (Å²) in [4.78, 5) is 34.5. The molecule has 156 valence electrons. The van der Waals surface area contributed by atoms with E-state index in [1.54, 1.807) is 12.4 Å². The molecule has 1 atom stereocenters. The third-order valence-electron chi connectivity index (χ3n) is 7.49. The van der Waals surface area contributed by atoms with E-state index >= 15 is 0 Å². The van der Waals surface area contributed by atoms with Crippen molar-refractivity contribution in [3.8, 4) is 0 Å². The average molecular weight is 404 g/mol. The van der Waals surface area contributed by atoms with Crippen molar-refractivity contribution in [3.63, 3.8) is 0 Å². The maximum Gasteiger partial charge on any atom is 0.255 e. The van der Waals surface area contributed by atoms with Crippen molar-refractivity contribution in [2.24, 2.45) is 5.41 Å². The van der Waals surface area contributed by atoms with Crippen LogP contribution in [0.25, 0.3) is 0 Å². The summed E-state index contributed by atoms with van der Waals surface area (Å²) in [5.41, 5.74) is 2.73. The van der Waals surface area contributed by atoms with Gasteiger partial charge in [-0.05, 0) is 49.8 Å². The summed E-state index contributed by atoms with van der Waals surface area (Å²) in [6.45, 7) is 3.33. The normalized spacial score (nSPS) is 23.6. The maximum atomic E-state index is 13.4. The number of amides is 2. The number of rotatable bonds is 3. The molecule has 30 heavy (non-hydrogen) atoms. The van der Waals surface area contributed by atoms with Gasteiger partial charge >= 0.3 is 0 Å². The number of aromatic nitrogens is 1. The molecule has 1 unspecified atom stereocenters. The van der Waals surface area contributed by atoms with Gasteiger partial charge in [-0.15, -0.1) is 0 Å². The summed E-state index contributed by atoms with van der Waals surface area (Å²) < 4.78 is 0. The van der Waals surface area contributed by atoms with Crippen LogP contribution >= 0.6 is 0 Å². The summed E-state index contributed by atoms with van der Waals surface area (Å²) in [5, 5.41) is 0. The Hall–Kier alpha value is -2.69. The van der Waals surface area contributed by atoms with Crippen molar-refractivity contribution in [1.82, 2.24) is 14.8 Å². The molecule has 3 aliphatic rings. The van der Waals surface area contributed by atoms with E-state index in [2.05, 4.69) is 34.1 Å². The van der Waals surface area contributed by atoms with E-state index < -0.39 is 0 Å². The molecule has 1 aromatic heterocycles. The fourth-order valence-corrected chi connectivity index (χ4v) is 5.88. The first kappa shape index (κ1) is 19.3. The molecule has 2 saturated heterocycles. The van der Waals surface area contributed by atoms with E-state index in [9.17, 15) is 9.59 Å². The second kappa shape index (κ2) is 7.53. The number of nitrogens with zero attached hydrogens (tertiary/aromatic N) is 3. The van der Waals surface area contributed by atoms with Crippen LogP contribution in [0.15, 0.2) is 48.8 Å². The lowest BCUT2D eigenvalue weighted by molar-refractivity contribution is -0.180. The molecule has 2 amide bonds. The fourth-order valence-electron chi connectivity index (χ4n) is 5.88. The largest absolute Gasteiger partial charge is 0.338 e. The van der Waals surface area contributed by atoms with Crippen LogP contribution in [0.2, 0.25) is 0 Å². The molecule has 5 rings (SSSR count). The Morgan fingerprint density at radius 1 is 1.07 bits per heavy atom. The molecule has 3 fully saturated rings. The van der Waals surface area contributed by atoms with Gasteiger partial charge in [0.15, 0.2) is 0 Å². The molecule has 3 heterocycles. The minimum absolute atomic E-state index is 0.0564. The highest BCUT2D eigenvalue weighted by Gasteiger charge is 2.63. The predicted octanol–water partition coefficient (Wildman–Crippen LogP) is 4.14. The Labute approximate surface area is 178 Å². The molecule has 1 spiro atoms. The van der Waals surface area contributed by atoms with Gasteiger partial charge in [-0.3, -0.25) is 14.6 Å². The number of benzene rings is 1. The number of aryl methyl sites for hydroxylation is 1. The highest BCUT2D eigenvalue weighted by Crippen LogP contribution is 2.60. The molecule has 5 nitrogen and oxygen atoms in total. The quantitative estimate of drug-likeness (QED) is 0.724. The molecular formula is C25H29N3O2. The molecule has 2 aliphatic heterocycles. The van der Waals surface area contributed by atoms with E-state index in [1.165, 1.54) is 5.56 Å². The van der Waals surface area contributed by atoms with E-state index in [4.69, 9.17) is 0 Å². The van der Waals surface area contributed by atoms with Crippen LogP contribution in [0, 0.1) is 12.3 Å². The molecule has 0 bridgehead atoms. The molecule has 1 aliphatic carbocycles. The van der Waals surface area contributed by atoms with Gasteiger partial charge in [-0.25, -0.2) is 0 Å². The monoisotopic (exact) mass is 403 g/mol. The van der Waals surface area contributed by atoms with Crippen LogP contribution in [0.4, 0.5) is 0 Å². The zero-order valence-electron chi connectivity index (χ0n) is 17.6. The number of carbonyl (C=O) groups is 2. The SMILES string of the molecule is Cc1ccncc1C(=O)N1CCC(N2C(=O)C3(CCCC3)C2c2ccccc2)CC1. The van der Waals surface area contributed by atoms with E-state index in [0.717, 1.165) is 44.1 Å². The molecule has 5 heteroatoms. The van der Waals surface area contributed by atoms with Gasteiger partial charge in [0.1, 0.15) is 0 Å². The third kappa shape index (κ3) is 2.94. The lowest BCUT2D eigenvalue weighted by Crippen LogP contribution is -2.66. The number of pyridine rings is 1. The second-order valence-electron chi connectivity index (χ2n) is 9.10. The van der Waals surface area contributed by atoms with Gasteiger partial charge in [0.25, 0.3) is 5.91 Å². The van der Waals surface area contributed by atoms with Crippen molar-refractivity contribution in [2.75, 3.05) is 13.1 Å². The Balaban J connectivity index is 1.32. The second-order valence-corrected chi connectivity index (χ2v) is 9.10. The van der Waals surface area contributed by atoms with Gasteiger partial charge in [0.05, 0.1) is 17.0 Å². The predicted molar refractivity (Wildman–Crippen MR) is 115 cm³/mol. The first-order valence-corrected chi connectivity index (χ1v) is 11.2. The molecule has 0 radical (unpaired) electrons. The van der Waals surface area contributed by atoms with Crippen molar-refractivity contribution in [1.29, 1.82) is 0 Å². The fraction of sp³-hybridized carbons (Fsp3) is 0.480. The Kier molecular flexibility index (Phi) is 4.84. The van der Waals surface area contributed by atoms with Crippen LogP contribution in [0.1, 0.15) is 66.1 Å². The molecule has 0 N–H and O–H groups in total. The highest BCUT2D eigenvalue weighted by atomic mass is 16.2. The van der Waals surface area contributed by atoms with Crippen LogP contribution in [0.3, 0.4) is 0 Å². The number of likely N-dealkylation sites (tertiary alicyclic amines) is 2. The summed E-state index contributed by atoms with van der Waals surface area (Å²) in [6.07, 6.45) is 9.40. The van der Waals surface area contributed by atoms with E-state index in [1.807, 2.05) is 24.0 Å². The summed E-state index contributed by atoms with van der Waals surface area (Å²) in [5.74, 6) is 0.405. The first-order valence-electron chi connectivity index (χ1n) is 11.2. The van der Waals surface area contributed by atoms with Gasteiger partial charge in [0, 0.05) is 31.5 Å². The third-order valence-corrected chi connectivity index (χ3v) is 7.49. The Morgan fingerprint density at radius 2 is 1.77 bits per heavy atom. The smallest absolute Gasteiger partial charge is 0.255 e. The average Bonchev–Trinajstić information content (AvgIpc) is 3.30. The lowest BCUT2D eigenvalue weighted by Gasteiger charge is -2.59. The number of β-lactam (4-membered cyclic amide) rings is 1. The van der Waals surface area contributed by atoms with Crippen molar-refractivity contribution in [2.45, 2.75) is 57.5 Å². The zero-order valence-corrected chi connectivity index (χ0v) is 17.6. The number of carbonyl (C=O) groups excluding carboxylic acids is 2. The summed E-state index contributed by atoms with van der Waals surface area (Å²) >= 11 is 0. The van der Waals surface area contributed by atoms with E-state index in [0.29, 0.717) is 24.6 Å². The standard InChI is InChI=1S/C25H29N3O2/c1-18-9-14-26-17-21(18)23(29)27-15-10-20(11-16-27)28-22(19-7-3-2-4-8-19)25(24(28)30)12-5-6-13-25/h2-4,7-9,14,17,20,22H,5-6,10-13,15-16H2,1H3. The lowest BCUT2D eigenvalue weighted by atomic mass is 9.65. The molecule has 1 saturated carbocycles.